The standard InChI is InChI=1S/C62H34N8O2/c71-57-51(39-25-23-31-15-9-21-43-49(31)53(39)69-61(67-43)41-19-7-5-17-37(41)55-59(61)65-47-29-35-13-3-1-11-33(35)27-45(47)63-55)58(72)52(57)40-26-24-32-16-10-22-44-50(32)54(40)70-62(68-44)42-20-8-6-18-38(42)56-60(62)66-48-30-36-14-4-2-12-34(36)28-46(48)64-56/h1-30,67,69-71H/b52-40+. The number of fused-ring (bicyclic) bond motifs is 14. The van der Waals surface area contributed by atoms with Crippen molar-refractivity contribution in [2.24, 2.45) is 4.99 Å². The third-order valence-corrected chi connectivity index (χ3v) is 15.7. The number of carbonyl (C=O) groups is 1. The van der Waals surface area contributed by atoms with E-state index in [2.05, 4.69) is 101 Å². The molecule has 0 radical (unpaired) electrons. The third kappa shape index (κ3) is 4.69. The molecule has 4 heterocycles. The summed E-state index contributed by atoms with van der Waals surface area (Å²) in [5.74, 6) is -0.347. The van der Waals surface area contributed by atoms with E-state index >= 15 is 4.79 Å². The van der Waals surface area contributed by atoms with Crippen molar-refractivity contribution in [3.8, 4) is 22.5 Å². The van der Waals surface area contributed by atoms with Gasteiger partial charge in [0.2, 0.25) is 11.4 Å². The molecule has 0 bridgehead atoms. The molecule has 0 saturated heterocycles. The van der Waals surface area contributed by atoms with Crippen LogP contribution in [0.4, 0.5) is 17.1 Å². The number of aliphatic hydroxyl groups excluding tert-OH is 1. The van der Waals surface area contributed by atoms with Crippen LogP contribution in [0.3, 0.4) is 0 Å². The van der Waals surface area contributed by atoms with Gasteiger partial charge in [-0.05, 0) is 68.7 Å². The quantitative estimate of drug-likeness (QED) is 0.119. The van der Waals surface area contributed by atoms with Crippen LogP contribution in [0.1, 0.15) is 28.1 Å². The molecule has 0 saturated carbocycles. The van der Waals surface area contributed by atoms with E-state index in [0.717, 1.165) is 121 Å². The summed E-state index contributed by atoms with van der Waals surface area (Å²) < 4.78 is 0. The van der Waals surface area contributed by atoms with Crippen molar-refractivity contribution >= 4 is 99.1 Å². The Morgan fingerprint density at radius 3 is 1.68 bits per heavy atom. The molecule has 0 fully saturated rings. The van der Waals surface area contributed by atoms with Gasteiger partial charge in [0, 0.05) is 49.5 Å². The normalized spacial score (nSPS) is 19.3. The molecule has 17 rings (SSSR count). The highest BCUT2D eigenvalue weighted by Crippen LogP contribution is 2.55. The second kappa shape index (κ2) is 13.1. The second-order valence-corrected chi connectivity index (χ2v) is 19.4. The minimum atomic E-state index is -1.19. The lowest BCUT2D eigenvalue weighted by molar-refractivity contribution is -0.109. The van der Waals surface area contributed by atoms with Gasteiger partial charge >= 0.3 is 0 Å². The first-order valence-electron chi connectivity index (χ1n) is 24.1. The van der Waals surface area contributed by atoms with Gasteiger partial charge in [0.15, 0.2) is 5.66 Å². The zero-order chi connectivity index (χ0) is 47.2. The average Bonchev–Trinajstić information content (AvgIpc) is 3.81. The van der Waals surface area contributed by atoms with Crippen LogP contribution in [0.2, 0.25) is 0 Å². The predicted molar refractivity (Wildman–Crippen MR) is 284 cm³/mol. The van der Waals surface area contributed by atoms with Crippen LogP contribution in [-0.2, 0) is 16.1 Å². The van der Waals surface area contributed by atoms with Crippen molar-refractivity contribution in [2.45, 2.75) is 11.3 Å². The monoisotopic (exact) mass is 922 g/mol. The first-order chi connectivity index (χ1) is 35.4. The summed E-state index contributed by atoms with van der Waals surface area (Å²) >= 11 is 0. The van der Waals surface area contributed by atoms with Crippen molar-refractivity contribution in [3.63, 3.8) is 0 Å². The van der Waals surface area contributed by atoms with Crippen molar-refractivity contribution in [1.82, 2.24) is 19.9 Å². The highest BCUT2D eigenvalue weighted by molar-refractivity contribution is 6.52. The maximum Gasteiger partial charge on any atom is 0.202 e. The van der Waals surface area contributed by atoms with E-state index in [4.69, 9.17) is 24.9 Å². The van der Waals surface area contributed by atoms with Gasteiger partial charge in [-0.15, -0.1) is 0 Å². The summed E-state index contributed by atoms with van der Waals surface area (Å²) in [6.45, 7) is 0. The highest BCUT2D eigenvalue weighted by atomic mass is 16.3. The van der Waals surface area contributed by atoms with Crippen LogP contribution in [0, 0.1) is 0 Å². The number of hydrogen-bond acceptors (Lipinski definition) is 10. The molecular formula is C62H34N8O2. The maximum atomic E-state index is 15.3. The number of benzene rings is 10. The fraction of sp³-hybridized carbons (Fsp3) is 0.0323. The largest absolute Gasteiger partial charge is 0.506 e. The fourth-order valence-corrected chi connectivity index (χ4v) is 12.5. The Hall–Kier alpha value is -9.80. The molecular weight excluding hydrogens is 889 g/mol. The molecule has 2 aromatic heterocycles. The molecule has 12 aromatic rings. The molecule has 3 aliphatic carbocycles. The number of ketones is 1. The Bertz CT molecular complexity index is 4800. The molecule has 4 N–H and O–H groups in total. The lowest BCUT2D eigenvalue weighted by atomic mass is 9.79. The van der Waals surface area contributed by atoms with Gasteiger partial charge in [0.1, 0.15) is 17.1 Å². The van der Waals surface area contributed by atoms with E-state index in [-0.39, 0.29) is 22.7 Å². The van der Waals surface area contributed by atoms with Crippen LogP contribution >= 0.6 is 0 Å². The van der Waals surface area contributed by atoms with E-state index in [1.807, 2.05) is 97.1 Å². The highest BCUT2D eigenvalue weighted by Gasteiger charge is 2.51. The molecule has 0 amide bonds. The number of anilines is 3. The zero-order valence-electron chi connectivity index (χ0n) is 37.9. The number of hydrogen-bond donors (Lipinski definition) is 4. The molecule has 2 spiro atoms. The first kappa shape index (κ1) is 38.1. The van der Waals surface area contributed by atoms with Crippen molar-refractivity contribution in [1.29, 1.82) is 0 Å². The molecule has 2 atom stereocenters. The average molecular weight is 923 g/mol. The molecule has 72 heavy (non-hydrogen) atoms. The Morgan fingerprint density at radius 2 is 0.986 bits per heavy atom. The third-order valence-electron chi connectivity index (χ3n) is 15.7. The van der Waals surface area contributed by atoms with Crippen molar-refractivity contribution in [3.05, 3.63) is 226 Å². The Kier molecular flexibility index (Phi) is 6.92. The van der Waals surface area contributed by atoms with Crippen molar-refractivity contribution < 1.29 is 9.90 Å². The summed E-state index contributed by atoms with van der Waals surface area (Å²) in [4.78, 5) is 42.3. The lowest BCUT2D eigenvalue weighted by Gasteiger charge is -2.40. The number of rotatable bonds is 1. The molecule has 334 valence electrons. The lowest BCUT2D eigenvalue weighted by Crippen LogP contribution is -2.46. The molecule has 2 aliphatic heterocycles. The van der Waals surface area contributed by atoms with Crippen LogP contribution < -0.4 is 26.5 Å². The number of aromatic nitrogens is 4. The van der Waals surface area contributed by atoms with E-state index in [1.54, 1.807) is 0 Å². The molecule has 10 heteroatoms. The van der Waals surface area contributed by atoms with Gasteiger partial charge in [-0.2, -0.15) is 0 Å². The van der Waals surface area contributed by atoms with E-state index in [9.17, 15) is 5.11 Å². The SMILES string of the molecule is O=C1C(c2ccc3cccc4c3c2NC2(N4)c3ccccc3-c3nc4cc5ccccc5cc4nc32)=C(O)/C1=c1/ccc2cccc3c2c1NC1(N=3)c2ccccc2-c2nc3cc4ccccc4cc3nc21. The van der Waals surface area contributed by atoms with Crippen LogP contribution in [0.5, 0.6) is 0 Å². The number of nitrogens with zero attached hydrogens (tertiary/aromatic N) is 5. The minimum absolute atomic E-state index is 0.0799. The molecule has 2 unspecified atom stereocenters. The van der Waals surface area contributed by atoms with Gasteiger partial charge in [-0.25, -0.2) is 24.9 Å². The molecule has 10 nitrogen and oxygen atoms in total. The first-order valence-corrected chi connectivity index (χ1v) is 24.1. The number of carbonyl (C=O) groups excluding carboxylic acids is 1. The number of aliphatic hydroxyl groups is 1. The van der Waals surface area contributed by atoms with Gasteiger partial charge in [0.25, 0.3) is 0 Å². The van der Waals surface area contributed by atoms with E-state index in [1.165, 1.54) is 0 Å². The number of allylic oxidation sites excluding steroid dienone is 2. The van der Waals surface area contributed by atoms with Gasteiger partial charge in [-0.3, -0.25) is 4.79 Å². The van der Waals surface area contributed by atoms with Crippen LogP contribution in [0.15, 0.2) is 193 Å². The van der Waals surface area contributed by atoms with Gasteiger partial charge < -0.3 is 21.1 Å². The van der Waals surface area contributed by atoms with Crippen molar-refractivity contribution in [2.75, 3.05) is 16.0 Å². The predicted octanol–water partition coefficient (Wildman–Crippen LogP) is 11.5. The van der Waals surface area contributed by atoms with Crippen LogP contribution in [0.25, 0.3) is 98.8 Å². The van der Waals surface area contributed by atoms with Crippen LogP contribution in [-0.4, -0.2) is 30.8 Å². The number of Topliss-reactive ketones (excluding diaryl/α,β-unsaturated/α-hetero) is 1. The summed E-state index contributed by atoms with van der Waals surface area (Å²) in [6.07, 6.45) is 0. The van der Waals surface area contributed by atoms with Gasteiger partial charge in [-0.1, -0.05) is 146 Å². The summed E-state index contributed by atoms with van der Waals surface area (Å²) in [6, 6.07) is 61.4. The minimum Gasteiger partial charge on any atom is -0.506 e. The topological polar surface area (TPSA) is 137 Å². The summed E-state index contributed by atoms with van der Waals surface area (Å²) in [5, 5.41) is 33.7. The summed E-state index contributed by atoms with van der Waals surface area (Å²) in [7, 11) is 0. The maximum absolute atomic E-state index is 15.3. The Balaban J connectivity index is 0.866. The second-order valence-electron chi connectivity index (χ2n) is 19.4. The Labute approximate surface area is 408 Å². The Morgan fingerprint density at radius 1 is 0.431 bits per heavy atom. The molecule has 5 aliphatic rings. The summed E-state index contributed by atoms with van der Waals surface area (Å²) in [5.41, 5.74) is 10.9. The molecule has 10 aromatic carbocycles. The smallest absolute Gasteiger partial charge is 0.202 e. The van der Waals surface area contributed by atoms with E-state index < -0.39 is 11.3 Å². The zero-order valence-corrected chi connectivity index (χ0v) is 37.9. The fourth-order valence-electron chi connectivity index (χ4n) is 12.5. The number of nitrogens with one attached hydrogen (secondary N) is 3. The van der Waals surface area contributed by atoms with E-state index in [0.29, 0.717) is 22.2 Å². The van der Waals surface area contributed by atoms with Gasteiger partial charge in [0.05, 0.1) is 61.3 Å².